The molecule has 0 fully saturated rings. The summed E-state index contributed by atoms with van der Waals surface area (Å²) in [6.07, 6.45) is 3.51. The van der Waals surface area contributed by atoms with Crippen LogP contribution >= 0.6 is 22.9 Å². The van der Waals surface area contributed by atoms with Crippen molar-refractivity contribution >= 4 is 28.7 Å². The van der Waals surface area contributed by atoms with Gasteiger partial charge in [0.1, 0.15) is 5.82 Å². The fraction of sp³-hybridized carbons (Fsp3) is 0.0667. The number of imidazole rings is 1. The number of Topliss-reactive ketones (excluding diaryl/α,β-unsaturated/α-hetero) is 1. The average molecular weight is 303 g/mol. The van der Waals surface area contributed by atoms with E-state index in [0.717, 1.165) is 10.7 Å². The molecule has 2 aromatic heterocycles. The third-order valence-electron chi connectivity index (χ3n) is 2.95. The summed E-state index contributed by atoms with van der Waals surface area (Å²) < 4.78 is 1.84. The van der Waals surface area contributed by atoms with E-state index in [9.17, 15) is 4.79 Å². The summed E-state index contributed by atoms with van der Waals surface area (Å²) in [6, 6.07) is 11.0. The van der Waals surface area contributed by atoms with Crippen molar-refractivity contribution in [3.05, 3.63) is 64.8 Å². The van der Waals surface area contributed by atoms with Crippen LogP contribution in [0.2, 0.25) is 5.02 Å². The highest BCUT2D eigenvalue weighted by Gasteiger charge is 2.13. The monoisotopic (exact) mass is 302 g/mol. The highest BCUT2D eigenvalue weighted by molar-refractivity contribution is 7.13. The Bertz CT molecular complexity index is 734. The molecule has 0 radical (unpaired) electrons. The Labute approximate surface area is 125 Å². The van der Waals surface area contributed by atoms with E-state index in [-0.39, 0.29) is 12.3 Å². The molecule has 20 heavy (non-hydrogen) atoms. The molecule has 0 atom stereocenters. The quantitative estimate of drug-likeness (QED) is 0.679. The van der Waals surface area contributed by atoms with Gasteiger partial charge >= 0.3 is 0 Å². The molecule has 0 amide bonds. The average Bonchev–Trinajstić information content (AvgIpc) is 3.09. The lowest BCUT2D eigenvalue weighted by atomic mass is 10.1. The second-order valence-corrected chi connectivity index (χ2v) is 5.61. The van der Waals surface area contributed by atoms with Crippen molar-refractivity contribution in [1.29, 1.82) is 0 Å². The molecule has 0 aliphatic carbocycles. The highest BCUT2D eigenvalue weighted by atomic mass is 35.5. The Hall–Kier alpha value is -1.91. The van der Waals surface area contributed by atoms with Gasteiger partial charge < -0.3 is 4.57 Å². The number of ketones is 1. The topological polar surface area (TPSA) is 34.9 Å². The van der Waals surface area contributed by atoms with Crippen LogP contribution in [0.3, 0.4) is 0 Å². The molecule has 0 N–H and O–H groups in total. The maximum absolute atomic E-state index is 12.3. The van der Waals surface area contributed by atoms with E-state index in [1.54, 1.807) is 29.7 Å². The Morgan fingerprint density at radius 2 is 2.10 bits per heavy atom. The van der Waals surface area contributed by atoms with Crippen molar-refractivity contribution in [3.8, 4) is 10.7 Å². The van der Waals surface area contributed by atoms with Crippen molar-refractivity contribution < 1.29 is 4.79 Å². The predicted molar refractivity (Wildman–Crippen MR) is 81.3 cm³/mol. The molecule has 2 heterocycles. The molecule has 0 spiro atoms. The minimum absolute atomic E-state index is 0.0218. The van der Waals surface area contributed by atoms with Gasteiger partial charge in [-0.1, -0.05) is 29.8 Å². The largest absolute Gasteiger partial charge is 0.323 e. The van der Waals surface area contributed by atoms with Crippen molar-refractivity contribution in [2.75, 3.05) is 0 Å². The summed E-state index contributed by atoms with van der Waals surface area (Å²) in [5, 5.41) is 2.47. The summed E-state index contributed by atoms with van der Waals surface area (Å²) in [4.78, 5) is 17.7. The first-order valence-electron chi connectivity index (χ1n) is 6.08. The van der Waals surface area contributed by atoms with E-state index < -0.39 is 0 Å². The number of rotatable bonds is 4. The second kappa shape index (κ2) is 5.61. The van der Waals surface area contributed by atoms with E-state index in [4.69, 9.17) is 11.6 Å². The molecule has 0 saturated heterocycles. The van der Waals surface area contributed by atoms with Crippen LogP contribution in [-0.2, 0) is 6.54 Å². The van der Waals surface area contributed by atoms with Gasteiger partial charge in [-0.25, -0.2) is 4.98 Å². The van der Waals surface area contributed by atoms with Crippen LogP contribution in [0.25, 0.3) is 10.7 Å². The van der Waals surface area contributed by atoms with Crippen LogP contribution in [0.1, 0.15) is 10.4 Å². The molecule has 3 nitrogen and oxygen atoms in total. The summed E-state index contributed by atoms with van der Waals surface area (Å²) in [5.41, 5.74) is 0.542. The van der Waals surface area contributed by atoms with Crippen molar-refractivity contribution in [2.45, 2.75) is 6.54 Å². The van der Waals surface area contributed by atoms with Crippen LogP contribution < -0.4 is 0 Å². The number of carbonyl (C=O) groups is 1. The fourth-order valence-electron chi connectivity index (χ4n) is 1.99. The first-order chi connectivity index (χ1) is 9.75. The van der Waals surface area contributed by atoms with Gasteiger partial charge in [0, 0.05) is 18.0 Å². The first kappa shape index (κ1) is 13.1. The molecule has 3 aromatic rings. The number of nitrogens with zero attached hydrogens (tertiary/aromatic N) is 2. The van der Waals surface area contributed by atoms with Gasteiger partial charge in [-0.2, -0.15) is 0 Å². The molecule has 0 unspecified atom stereocenters. The number of hydrogen-bond acceptors (Lipinski definition) is 3. The summed E-state index contributed by atoms with van der Waals surface area (Å²) in [6.45, 7) is 0.233. The van der Waals surface area contributed by atoms with Crippen molar-refractivity contribution in [3.63, 3.8) is 0 Å². The Morgan fingerprint density at radius 1 is 1.25 bits per heavy atom. The summed E-state index contributed by atoms with van der Waals surface area (Å²) in [7, 11) is 0. The number of benzene rings is 1. The molecule has 0 saturated carbocycles. The zero-order chi connectivity index (χ0) is 13.9. The van der Waals surface area contributed by atoms with Crippen LogP contribution in [0.5, 0.6) is 0 Å². The third kappa shape index (κ3) is 2.53. The number of aromatic nitrogens is 2. The van der Waals surface area contributed by atoms with Crippen molar-refractivity contribution in [2.24, 2.45) is 0 Å². The van der Waals surface area contributed by atoms with Gasteiger partial charge in [-0.05, 0) is 23.6 Å². The zero-order valence-electron chi connectivity index (χ0n) is 10.5. The van der Waals surface area contributed by atoms with Gasteiger partial charge in [-0.15, -0.1) is 11.3 Å². The number of thiophene rings is 1. The fourth-order valence-corrected chi connectivity index (χ4v) is 2.97. The Kier molecular flexibility index (Phi) is 3.67. The number of halogens is 1. The molecule has 5 heteroatoms. The van der Waals surface area contributed by atoms with Crippen LogP contribution in [0.4, 0.5) is 0 Å². The maximum Gasteiger partial charge on any atom is 0.184 e. The van der Waals surface area contributed by atoms with Gasteiger partial charge in [-0.3, -0.25) is 4.79 Å². The molecule has 100 valence electrons. The van der Waals surface area contributed by atoms with Gasteiger partial charge in [0.05, 0.1) is 16.4 Å². The Morgan fingerprint density at radius 3 is 2.85 bits per heavy atom. The second-order valence-electron chi connectivity index (χ2n) is 4.26. The van der Waals surface area contributed by atoms with Gasteiger partial charge in [0.2, 0.25) is 0 Å². The highest BCUT2D eigenvalue weighted by Crippen LogP contribution is 2.23. The molecular formula is C15H11ClN2OS. The van der Waals surface area contributed by atoms with Crippen molar-refractivity contribution in [1.82, 2.24) is 9.55 Å². The maximum atomic E-state index is 12.3. The molecule has 0 bridgehead atoms. The van der Waals surface area contributed by atoms with E-state index in [1.165, 1.54) is 0 Å². The minimum Gasteiger partial charge on any atom is -0.323 e. The summed E-state index contributed by atoms with van der Waals surface area (Å²) in [5.74, 6) is 0.784. The van der Waals surface area contributed by atoms with E-state index >= 15 is 0 Å². The first-order valence-corrected chi connectivity index (χ1v) is 7.34. The molecule has 1 aromatic carbocycles. The summed E-state index contributed by atoms with van der Waals surface area (Å²) >= 11 is 7.66. The lowest BCUT2D eigenvalue weighted by Crippen LogP contribution is -2.11. The minimum atomic E-state index is -0.0218. The van der Waals surface area contributed by atoms with E-state index in [1.807, 2.05) is 40.4 Å². The van der Waals surface area contributed by atoms with Crippen LogP contribution in [-0.4, -0.2) is 15.3 Å². The van der Waals surface area contributed by atoms with E-state index in [2.05, 4.69) is 4.98 Å². The third-order valence-corrected chi connectivity index (χ3v) is 4.14. The normalized spacial score (nSPS) is 10.7. The Balaban J connectivity index is 1.88. The molecule has 3 rings (SSSR count). The SMILES string of the molecule is O=C(Cn1ccnc1-c1cccs1)c1ccccc1Cl. The number of hydrogen-bond donors (Lipinski definition) is 0. The molecule has 0 aliphatic rings. The smallest absolute Gasteiger partial charge is 0.184 e. The predicted octanol–water partition coefficient (Wildman–Crippen LogP) is 4.15. The molecule has 0 aliphatic heterocycles. The zero-order valence-corrected chi connectivity index (χ0v) is 12.1. The lowest BCUT2D eigenvalue weighted by molar-refractivity contribution is 0.0973. The standard InChI is InChI=1S/C15H11ClN2OS/c16-12-5-2-1-4-11(12)13(19)10-18-8-7-17-15(18)14-6-3-9-20-14/h1-9H,10H2. The number of carbonyl (C=O) groups excluding carboxylic acids is 1. The van der Waals surface area contributed by atoms with Gasteiger partial charge in [0.25, 0.3) is 0 Å². The van der Waals surface area contributed by atoms with Gasteiger partial charge in [0.15, 0.2) is 5.78 Å². The van der Waals surface area contributed by atoms with E-state index in [0.29, 0.717) is 10.6 Å². The van der Waals surface area contributed by atoms with Crippen LogP contribution in [0.15, 0.2) is 54.2 Å². The lowest BCUT2D eigenvalue weighted by Gasteiger charge is -2.07. The molecular weight excluding hydrogens is 292 g/mol. The van der Waals surface area contributed by atoms with Crippen LogP contribution in [0, 0.1) is 0 Å².